The van der Waals surface area contributed by atoms with Gasteiger partial charge in [-0.05, 0) is 36.4 Å². The van der Waals surface area contributed by atoms with E-state index >= 15 is 0 Å². The summed E-state index contributed by atoms with van der Waals surface area (Å²) in [6.45, 7) is 0. The molecule has 5 heteroatoms. The maximum Gasteiger partial charge on any atom is 0.249 e. The van der Waals surface area contributed by atoms with Gasteiger partial charge in [-0.2, -0.15) is 0 Å². The Morgan fingerprint density at radius 3 is 1.08 bits per heavy atom. The fourth-order valence-corrected chi connectivity index (χ4v) is 6.22. The summed E-state index contributed by atoms with van der Waals surface area (Å²) in [6, 6.07) is 22.6. The first-order chi connectivity index (χ1) is 12.7. The first-order valence-electron chi connectivity index (χ1n) is 8.19. The van der Waals surface area contributed by atoms with Crippen molar-refractivity contribution in [3.05, 3.63) is 72.8 Å². The Morgan fingerprint density at radius 1 is 0.538 bits per heavy atom. The van der Waals surface area contributed by atoms with E-state index in [0.29, 0.717) is 17.2 Å². The molecule has 1 N–H and O–H groups in total. The molecular weight excluding hydrogens is 347 g/mol. The lowest BCUT2D eigenvalue weighted by Gasteiger charge is -2.24. The minimum Gasteiger partial charge on any atom is -0.492 e. The van der Waals surface area contributed by atoms with Crippen LogP contribution in [0.15, 0.2) is 72.8 Å². The zero-order valence-electron chi connectivity index (χ0n) is 15.0. The normalized spacial score (nSPS) is 11.1. The lowest BCUT2D eigenvalue weighted by molar-refractivity contribution is 0.414. The molecule has 0 heterocycles. The van der Waals surface area contributed by atoms with Crippen molar-refractivity contribution in [1.82, 2.24) is 0 Å². The van der Waals surface area contributed by atoms with Crippen LogP contribution >= 0.6 is 7.49 Å². The Labute approximate surface area is 154 Å². The maximum absolute atomic E-state index is 12.2. The molecular formula is C21H22O4P+. The largest absolute Gasteiger partial charge is 0.492 e. The molecule has 26 heavy (non-hydrogen) atoms. The minimum absolute atomic E-state index is 0.625. The maximum atomic E-state index is 12.2. The SMILES string of the molecule is COc1ccccc1[P+](O)(c1ccccc1OC)c1ccccc1OC. The Hall–Kier alpha value is -2.55. The lowest BCUT2D eigenvalue weighted by Crippen LogP contribution is -2.33. The van der Waals surface area contributed by atoms with Crippen molar-refractivity contribution in [2.24, 2.45) is 0 Å². The number of para-hydroxylation sites is 3. The van der Waals surface area contributed by atoms with E-state index in [4.69, 9.17) is 14.2 Å². The molecule has 0 saturated carbocycles. The number of methoxy groups -OCH3 is 3. The summed E-state index contributed by atoms with van der Waals surface area (Å²) in [5, 5.41) is 2.16. The van der Waals surface area contributed by atoms with E-state index in [9.17, 15) is 4.89 Å². The van der Waals surface area contributed by atoms with Crippen molar-refractivity contribution in [3.8, 4) is 17.2 Å². The molecule has 0 bridgehead atoms. The average Bonchev–Trinajstić information content (AvgIpc) is 2.73. The van der Waals surface area contributed by atoms with Gasteiger partial charge in [0, 0.05) is 0 Å². The zero-order valence-corrected chi connectivity index (χ0v) is 15.9. The molecule has 0 atom stereocenters. The molecule has 0 aliphatic heterocycles. The molecule has 3 rings (SSSR count). The van der Waals surface area contributed by atoms with Crippen molar-refractivity contribution < 1.29 is 19.1 Å². The summed E-state index contributed by atoms with van der Waals surface area (Å²) >= 11 is 0. The lowest BCUT2D eigenvalue weighted by atomic mass is 10.3. The minimum atomic E-state index is -3.06. The standard InChI is InChI=1S/C21H22O4P/c1-23-16-10-4-7-13-19(16)26(22,20-14-8-5-11-17(20)24-2)21-15-9-6-12-18(21)25-3/h4-15,22H,1-3H3/q+1. The molecule has 134 valence electrons. The van der Waals surface area contributed by atoms with Gasteiger partial charge in [0.2, 0.25) is 7.49 Å². The van der Waals surface area contributed by atoms with Crippen LogP contribution in [-0.2, 0) is 0 Å². The van der Waals surface area contributed by atoms with E-state index in [-0.39, 0.29) is 0 Å². The second kappa shape index (κ2) is 7.77. The van der Waals surface area contributed by atoms with Gasteiger partial charge in [0.05, 0.1) is 21.3 Å². The van der Waals surface area contributed by atoms with Crippen LogP contribution in [0.4, 0.5) is 0 Å². The van der Waals surface area contributed by atoms with Gasteiger partial charge in [-0.1, -0.05) is 36.4 Å². The molecule has 0 saturated heterocycles. The van der Waals surface area contributed by atoms with E-state index in [2.05, 4.69) is 0 Å². The van der Waals surface area contributed by atoms with Crippen LogP contribution in [0, 0.1) is 0 Å². The highest BCUT2D eigenvalue weighted by Crippen LogP contribution is 2.56. The highest BCUT2D eigenvalue weighted by Gasteiger charge is 2.50. The smallest absolute Gasteiger partial charge is 0.249 e. The van der Waals surface area contributed by atoms with E-state index in [1.54, 1.807) is 21.3 Å². The predicted octanol–water partition coefficient (Wildman–Crippen LogP) is 2.91. The Morgan fingerprint density at radius 2 is 0.808 bits per heavy atom. The molecule has 0 unspecified atom stereocenters. The van der Waals surface area contributed by atoms with Crippen molar-refractivity contribution in [1.29, 1.82) is 0 Å². The summed E-state index contributed by atoms with van der Waals surface area (Å²) in [5.74, 6) is 1.88. The third-order valence-corrected chi connectivity index (χ3v) is 7.50. The van der Waals surface area contributed by atoms with E-state index < -0.39 is 7.49 Å². The second-order valence-corrected chi connectivity index (χ2v) is 8.37. The van der Waals surface area contributed by atoms with E-state index in [1.165, 1.54) is 0 Å². The highest BCUT2D eigenvalue weighted by molar-refractivity contribution is 7.91. The van der Waals surface area contributed by atoms with Gasteiger partial charge in [0.15, 0.2) is 33.2 Å². The number of ether oxygens (including phenoxy) is 3. The van der Waals surface area contributed by atoms with Crippen molar-refractivity contribution in [2.75, 3.05) is 21.3 Å². The van der Waals surface area contributed by atoms with Crippen LogP contribution in [0.2, 0.25) is 0 Å². The Balaban J connectivity index is 2.40. The monoisotopic (exact) mass is 369 g/mol. The fraction of sp³-hybridized carbons (Fsp3) is 0.143. The summed E-state index contributed by atoms with van der Waals surface area (Å²) < 4.78 is 16.7. The van der Waals surface area contributed by atoms with Gasteiger partial charge in [-0.3, -0.25) is 0 Å². The van der Waals surface area contributed by atoms with Gasteiger partial charge in [0.25, 0.3) is 0 Å². The van der Waals surface area contributed by atoms with Gasteiger partial charge >= 0.3 is 0 Å². The predicted molar refractivity (Wildman–Crippen MR) is 107 cm³/mol. The van der Waals surface area contributed by atoms with Gasteiger partial charge in [0.1, 0.15) is 0 Å². The van der Waals surface area contributed by atoms with Crippen LogP contribution in [0.1, 0.15) is 0 Å². The van der Waals surface area contributed by atoms with Crippen LogP contribution in [0.3, 0.4) is 0 Å². The third-order valence-electron chi connectivity index (χ3n) is 4.30. The molecule has 3 aromatic rings. The second-order valence-electron chi connectivity index (χ2n) is 5.65. The van der Waals surface area contributed by atoms with Crippen molar-refractivity contribution in [2.45, 2.75) is 0 Å². The highest BCUT2D eigenvalue weighted by atomic mass is 31.2. The zero-order chi connectivity index (χ0) is 18.6. The van der Waals surface area contributed by atoms with Gasteiger partial charge in [-0.25, -0.2) is 4.89 Å². The Bertz CT molecular complexity index is 779. The number of rotatable bonds is 6. The molecule has 0 aliphatic rings. The molecule has 0 aliphatic carbocycles. The molecule has 0 spiro atoms. The average molecular weight is 369 g/mol. The number of benzene rings is 3. The van der Waals surface area contributed by atoms with E-state index in [0.717, 1.165) is 15.9 Å². The summed E-state index contributed by atoms with van der Waals surface area (Å²) in [7, 11) is 1.75. The summed E-state index contributed by atoms with van der Waals surface area (Å²) in [5.41, 5.74) is 0. The van der Waals surface area contributed by atoms with E-state index in [1.807, 2.05) is 72.8 Å². The number of hydrogen-bond donors (Lipinski definition) is 1. The number of hydrogen-bond acceptors (Lipinski definition) is 4. The van der Waals surface area contributed by atoms with Gasteiger partial charge in [-0.15, -0.1) is 0 Å². The van der Waals surface area contributed by atoms with Crippen molar-refractivity contribution >= 4 is 23.4 Å². The quantitative estimate of drug-likeness (QED) is 0.679. The van der Waals surface area contributed by atoms with Crippen molar-refractivity contribution in [3.63, 3.8) is 0 Å². The first-order valence-corrected chi connectivity index (χ1v) is 9.93. The molecule has 0 fully saturated rings. The summed E-state index contributed by atoms with van der Waals surface area (Å²) in [6.07, 6.45) is 0. The molecule has 0 amide bonds. The first kappa shape index (κ1) is 18.2. The Kier molecular flexibility index (Phi) is 5.46. The topological polar surface area (TPSA) is 47.9 Å². The van der Waals surface area contributed by atoms with Crippen LogP contribution in [-0.4, -0.2) is 26.2 Å². The third kappa shape index (κ3) is 3.03. The fourth-order valence-electron chi connectivity index (χ4n) is 3.08. The van der Waals surface area contributed by atoms with Crippen LogP contribution in [0.5, 0.6) is 17.2 Å². The van der Waals surface area contributed by atoms with Gasteiger partial charge < -0.3 is 14.2 Å². The summed E-state index contributed by atoms with van der Waals surface area (Å²) in [4.78, 5) is 12.2. The molecule has 0 radical (unpaired) electrons. The molecule has 0 aromatic heterocycles. The van der Waals surface area contributed by atoms with Crippen LogP contribution in [0.25, 0.3) is 0 Å². The molecule has 3 aromatic carbocycles. The van der Waals surface area contributed by atoms with Crippen LogP contribution < -0.4 is 30.1 Å². The molecule has 4 nitrogen and oxygen atoms in total.